The van der Waals surface area contributed by atoms with Crippen LogP contribution in [0.4, 0.5) is 0 Å². The number of nitrogens with zero attached hydrogens (tertiary/aromatic N) is 1. The predicted octanol–water partition coefficient (Wildman–Crippen LogP) is 2.97. The highest BCUT2D eigenvalue weighted by atomic mass is 35.5. The zero-order chi connectivity index (χ0) is 13.5. The summed E-state index contributed by atoms with van der Waals surface area (Å²) >= 11 is 0. The predicted molar refractivity (Wildman–Crippen MR) is 79.4 cm³/mol. The lowest BCUT2D eigenvalue weighted by Crippen LogP contribution is -1.99. The molecule has 0 saturated heterocycles. The second-order valence-corrected chi connectivity index (χ2v) is 3.98. The van der Waals surface area contributed by atoms with Gasteiger partial charge in [0, 0.05) is 36.0 Å². The summed E-state index contributed by atoms with van der Waals surface area (Å²) in [5.74, 6) is 5.79. The Morgan fingerprint density at radius 2 is 1.85 bits per heavy atom. The van der Waals surface area contributed by atoms with E-state index in [9.17, 15) is 4.79 Å². The van der Waals surface area contributed by atoms with E-state index >= 15 is 0 Å². The van der Waals surface area contributed by atoms with Crippen LogP contribution in [0.25, 0.3) is 0 Å². The Bertz CT molecular complexity index is 630. The van der Waals surface area contributed by atoms with Crippen LogP contribution < -0.4 is 0 Å². The zero-order valence-corrected chi connectivity index (χ0v) is 11.8. The van der Waals surface area contributed by atoms with Crippen molar-refractivity contribution in [2.45, 2.75) is 13.5 Å². The highest BCUT2D eigenvalue weighted by molar-refractivity contribution is 5.85. The normalized spacial score (nSPS) is 8.85. The van der Waals surface area contributed by atoms with E-state index in [0.29, 0.717) is 0 Å². The van der Waals surface area contributed by atoms with Crippen molar-refractivity contribution in [1.82, 2.24) is 4.98 Å². The van der Waals surface area contributed by atoms with Crippen molar-refractivity contribution in [3.63, 3.8) is 0 Å². The Kier molecular flexibility index (Phi) is 6.28. The summed E-state index contributed by atoms with van der Waals surface area (Å²) in [5.41, 5.74) is 2.58. The van der Waals surface area contributed by atoms with Gasteiger partial charge in [0.1, 0.15) is 6.61 Å². The molecule has 2 aromatic rings. The van der Waals surface area contributed by atoms with Crippen LogP contribution in [0.1, 0.15) is 23.6 Å². The van der Waals surface area contributed by atoms with E-state index in [1.807, 2.05) is 36.4 Å². The van der Waals surface area contributed by atoms with Gasteiger partial charge >= 0.3 is 5.97 Å². The number of pyridine rings is 1. The molecule has 1 aromatic heterocycles. The SMILES string of the molecule is CC(=O)OCc1cncc(C#Cc2ccccc2)c1.Cl. The van der Waals surface area contributed by atoms with E-state index in [2.05, 4.69) is 16.8 Å². The molecule has 0 fully saturated rings. The fourth-order valence-corrected chi connectivity index (χ4v) is 1.49. The molecule has 0 spiro atoms. The van der Waals surface area contributed by atoms with Crippen LogP contribution in [-0.2, 0) is 16.1 Å². The third-order valence-electron chi connectivity index (χ3n) is 2.36. The van der Waals surface area contributed by atoms with E-state index < -0.39 is 0 Å². The monoisotopic (exact) mass is 287 g/mol. The summed E-state index contributed by atoms with van der Waals surface area (Å²) in [5, 5.41) is 0. The summed E-state index contributed by atoms with van der Waals surface area (Å²) < 4.78 is 4.92. The van der Waals surface area contributed by atoms with Crippen molar-refractivity contribution >= 4 is 18.4 Å². The maximum absolute atomic E-state index is 10.7. The van der Waals surface area contributed by atoms with Gasteiger partial charge in [-0.3, -0.25) is 9.78 Å². The first-order valence-corrected chi connectivity index (χ1v) is 5.88. The molecule has 102 valence electrons. The molecule has 0 amide bonds. The number of ether oxygens (including phenoxy) is 1. The molecule has 0 saturated carbocycles. The van der Waals surface area contributed by atoms with Crippen molar-refractivity contribution in [3.8, 4) is 11.8 Å². The number of esters is 1. The van der Waals surface area contributed by atoms with Gasteiger partial charge in [-0.1, -0.05) is 30.0 Å². The van der Waals surface area contributed by atoms with Crippen LogP contribution in [0, 0.1) is 11.8 Å². The first-order valence-electron chi connectivity index (χ1n) is 5.88. The molecule has 0 aliphatic carbocycles. The third kappa shape index (κ3) is 5.13. The van der Waals surface area contributed by atoms with Gasteiger partial charge < -0.3 is 4.74 Å². The van der Waals surface area contributed by atoms with E-state index in [4.69, 9.17) is 4.74 Å². The molecule has 4 heteroatoms. The molecular weight excluding hydrogens is 274 g/mol. The fourth-order valence-electron chi connectivity index (χ4n) is 1.49. The van der Waals surface area contributed by atoms with Gasteiger partial charge in [0.2, 0.25) is 0 Å². The first-order chi connectivity index (χ1) is 9.24. The Hall–Kier alpha value is -2.31. The largest absolute Gasteiger partial charge is 0.461 e. The van der Waals surface area contributed by atoms with Crippen LogP contribution in [0.5, 0.6) is 0 Å². The first kappa shape index (κ1) is 15.7. The van der Waals surface area contributed by atoms with Gasteiger partial charge in [-0.25, -0.2) is 0 Å². The van der Waals surface area contributed by atoms with Crippen molar-refractivity contribution in [2.75, 3.05) is 0 Å². The van der Waals surface area contributed by atoms with Gasteiger partial charge in [0.25, 0.3) is 0 Å². The summed E-state index contributed by atoms with van der Waals surface area (Å²) in [6.07, 6.45) is 3.35. The van der Waals surface area contributed by atoms with Crippen molar-refractivity contribution in [2.24, 2.45) is 0 Å². The molecule has 0 N–H and O–H groups in total. The smallest absolute Gasteiger partial charge is 0.302 e. The van der Waals surface area contributed by atoms with Crippen LogP contribution in [0.3, 0.4) is 0 Å². The molecule has 0 bridgehead atoms. The second-order valence-electron chi connectivity index (χ2n) is 3.98. The van der Waals surface area contributed by atoms with Gasteiger partial charge in [-0.05, 0) is 18.2 Å². The maximum atomic E-state index is 10.7. The molecular formula is C16H14ClNO2. The van der Waals surface area contributed by atoms with Gasteiger partial charge in [-0.15, -0.1) is 12.4 Å². The van der Waals surface area contributed by atoms with Gasteiger partial charge in [-0.2, -0.15) is 0 Å². The number of carbonyl (C=O) groups excluding carboxylic acids is 1. The quantitative estimate of drug-likeness (QED) is 0.630. The topological polar surface area (TPSA) is 39.2 Å². The highest BCUT2D eigenvalue weighted by Crippen LogP contribution is 2.04. The molecule has 2 rings (SSSR count). The van der Waals surface area contributed by atoms with Crippen LogP contribution in [0.2, 0.25) is 0 Å². The molecule has 20 heavy (non-hydrogen) atoms. The van der Waals surface area contributed by atoms with Crippen LogP contribution >= 0.6 is 12.4 Å². The maximum Gasteiger partial charge on any atom is 0.302 e. The third-order valence-corrected chi connectivity index (χ3v) is 2.36. The van der Waals surface area contributed by atoms with Crippen molar-refractivity contribution in [1.29, 1.82) is 0 Å². The van der Waals surface area contributed by atoms with Crippen molar-refractivity contribution in [3.05, 3.63) is 65.5 Å². The molecule has 0 unspecified atom stereocenters. The lowest BCUT2D eigenvalue weighted by molar-refractivity contribution is -0.142. The molecule has 0 atom stereocenters. The average molecular weight is 288 g/mol. The Labute approximate surface area is 124 Å². The molecule has 3 nitrogen and oxygen atoms in total. The zero-order valence-electron chi connectivity index (χ0n) is 11.0. The highest BCUT2D eigenvalue weighted by Gasteiger charge is 1.97. The lowest BCUT2D eigenvalue weighted by Gasteiger charge is -2.01. The number of benzene rings is 1. The van der Waals surface area contributed by atoms with Gasteiger partial charge in [0.15, 0.2) is 0 Å². The lowest BCUT2D eigenvalue weighted by atomic mass is 10.2. The summed E-state index contributed by atoms with van der Waals surface area (Å²) in [4.78, 5) is 14.8. The molecule has 0 aliphatic heterocycles. The van der Waals surface area contributed by atoms with Crippen molar-refractivity contribution < 1.29 is 9.53 Å². The Balaban J connectivity index is 0.00000200. The molecule has 0 radical (unpaired) electrons. The number of hydrogen-bond acceptors (Lipinski definition) is 3. The Morgan fingerprint density at radius 1 is 1.15 bits per heavy atom. The number of hydrogen-bond donors (Lipinski definition) is 0. The number of halogens is 1. The van der Waals surface area contributed by atoms with Gasteiger partial charge in [0.05, 0.1) is 0 Å². The van der Waals surface area contributed by atoms with E-state index in [-0.39, 0.29) is 25.0 Å². The van der Waals surface area contributed by atoms with E-state index in [1.165, 1.54) is 6.92 Å². The molecule has 1 heterocycles. The minimum absolute atomic E-state index is 0. The summed E-state index contributed by atoms with van der Waals surface area (Å²) in [7, 11) is 0. The average Bonchev–Trinajstić information content (AvgIpc) is 2.44. The van der Waals surface area contributed by atoms with E-state index in [0.717, 1.165) is 16.7 Å². The molecule has 1 aromatic carbocycles. The van der Waals surface area contributed by atoms with E-state index in [1.54, 1.807) is 12.4 Å². The summed E-state index contributed by atoms with van der Waals surface area (Å²) in [6.45, 7) is 1.61. The Morgan fingerprint density at radius 3 is 2.55 bits per heavy atom. The number of rotatable bonds is 2. The minimum Gasteiger partial charge on any atom is -0.461 e. The fraction of sp³-hybridized carbons (Fsp3) is 0.125. The van der Waals surface area contributed by atoms with Crippen LogP contribution in [0.15, 0.2) is 48.8 Å². The second kappa shape index (κ2) is 7.98. The number of aromatic nitrogens is 1. The minimum atomic E-state index is -0.305. The van der Waals surface area contributed by atoms with Crippen LogP contribution in [-0.4, -0.2) is 11.0 Å². The standard InChI is InChI=1S/C16H13NO2.ClH/c1-13(18)19-12-16-9-15(10-17-11-16)8-7-14-5-3-2-4-6-14;/h2-6,9-11H,12H2,1H3;1H. The summed E-state index contributed by atoms with van der Waals surface area (Å²) in [6, 6.07) is 11.6. The molecule has 0 aliphatic rings. The number of carbonyl (C=O) groups is 1.